The zero-order valence-corrected chi connectivity index (χ0v) is 9.97. The van der Waals surface area contributed by atoms with Crippen molar-refractivity contribution in [2.24, 2.45) is 0 Å². The van der Waals surface area contributed by atoms with Crippen molar-refractivity contribution in [3.8, 4) is 0 Å². The minimum atomic E-state index is 0.764. The average molecular weight is 265 g/mol. The van der Waals surface area contributed by atoms with E-state index in [1.165, 1.54) is 29.4 Å². The molecule has 0 radical (unpaired) electrons. The number of halogens is 1. The van der Waals surface area contributed by atoms with Crippen molar-refractivity contribution in [1.29, 1.82) is 0 Å². The van der Waals surface area contributed by atoms with E-state index in [2.05, 4.69) is 50.5 Å². The summed E-state index contributed by atoms with van der Waals surface area (Å²) in [6, 6.07) is 9.23. The van der Waals surface area contributed by atoms with E-state index in [0.717, 1.165) is 17.1 Å². The van der Waals surface area contributed by atoms with Gasteiger partial charge in [-0.3, -0.25) is 0 Å². The summed E-state index contributed by atoms with van der Waals surface area (Å²) >= 11 is 3.56. The second-order valence-electron chi connectivity index (χ2n) is 4.15. The van der Waals surface area contributed by atoms with Crippen LogP contribution in [0.2, 0.25) is 0 Å². The molecule has 2 aromatic rings. The first kappa shape index (κ1) is 9.43. The average Bonchev–Trinajstić information content (AvgIpc) is 2.95. The maximum atomic E-state index is 3.56. The van der Waals surface area contributed by atoms with Crippen LogP contribution in [0.4, 0.5) is 0 Å². The van der Waals surface area contributed by atoms with Gasteiger partial charge in [0, 0.05) is 33.7 Å². The summed E-state index contributed by atoms with van der Waals surface area (Å²) in [5.74, 6) is 0. The second kappa shape index (κ2) is 3.65. The van der Waals surface area contributed by atoms with Crippen LogP contribution in [-0.4, -0.2) is 11.0 Å². The number of H-pyrrole nitrogens is 1. The third-order valence-electron chi connectivity index (χ3n) is 2.83. The molecule has 1 aliphatic carbocycles. The molecule has 0 atom stereocenters. The van der Waals surface area contributed by atoms with Gasteiger partial charge in [0.05, 0.1) is 0 Å². The highest BCUT2D eigenvalue weighted by atomic mass is 79.9. The monoisotopic (exact) mass is 264 g/mol. The Morgan fingerprint density at radius 3 is 3.00 bits per heavy atom. The molecule has 2 N–H and O–H groups in total. The number of rotatable bonds is 3. The molecule has 3 heteroatoms. The van der Waals surface area contributed by atoms with Crippen LogP contribution in [0.15, 0.2) is 28.7 Å². The number of aromatic amines is 1. The highest BCUT2D eigenvalue weighted by molar-refractivity contribution is 9.10. The van der Waals surface area contributed by atoms with E-state index in [4.69, 9.17) is 0 Å². The van der Waals surface area contributed by atoms with Gasteiger partial charge in [-0.05, 0) is 31.0 Å². The maximum absolute atomic E-state index is 3.56. The first-order chi connectivity index (χ1) is 7.33. The van der Waals surface area contributed by atoms with Crippen LogP contribution in [0.3, 0.4) is 0 Å². The Morgan fingerprint density at radius 1 is 1.40 bits per heavy atom. The summed E-state index contributed by atoms with van der Waals surface area (Å²) in [6.07, 6.45) is 2.67. The molecule has 0 spiro atoms. The van der Waals surface area contributed by atoms with Gasteiger partial charge in [-0.25, -0.2) is 0 Å². The van der Waals surface area contributed by atoms with Gasteiger partial charge in [-0.1, -0.05) is 22.0 Å². The largest absolute Gasteiger partial charge is 0.357 e. The summed E-state index contributed by atoms with van der Waals surface area (Å²) < 4.78 is 1.16. The minimum absolute atomic E-state index is 0.764. The van der Waals surface area contributed by atoms with Crippen LogP contribution in [-0.2, 0) is 6.54 Å². The van der Waals surface area contributed by atoms with Crippen molar-refractivity contribution in [3.05, 3.63) is 34.4 Å². The zero-order valence-electron chi connectivity index (χ0n) is 8.39. The Balaban J connectivity index is 1.88. The second-order valence-corrected chi connectivity index (χ2v) is 5.01. The van der Waals surface area contributed by atoms with Crippen molar-refractivity contribution in [2.75, 3.05) is 0 Å². The van der Waals surface area contributed by atoms with Gasteiger partial charge in [0.2, 0.25) is 0 Å². The van der Waals surface area contributed by atoms with Gasteiger partial charge in [-0.15, -0.1) is 0 Å². The van der Waals surface area contributed by atoms with E-state index >= 15 is 0 Å². The molecule has 0 bridgehead atoms. The Morgan fingerprint density at radius 2 is 2.27 bits per heavy atom. The number of nitrogens with one attached hydrogen (secondary N) is 2. The number of hydrogen-bond acceptors (Lipinski definition) is 1. The number of benzene rings is 1. The lowest BCUT2D eigenvalue weighted by atomic mass is 10.2. The van der Waals surface area contributed by atoms with Gasteiger partial charge >= 0.3 is 0 Å². The van der Waals surface area contributed by atoms with Crippen LogP contribution >= 0.6 is 15.9 Å². The summed E-state index contributed by atoms with van der Waals surface area (Å²) in [7, 11) is 0. The van der Waals surface area contributed by atoms with Crippen molar-refractivity contribution >= 4 is 26.8 Å². The standard InChI is InChI=1S/C12H13BrN2/c13-11-2-1-3-12-10(11)6-9(15-12)7-14-8-4-5-8/h1-3,6,8,14-15H,4-5,7H2. The molecule has 1 fully saturated rings. The molecule has 0 unspecified atom stereocenters. The van der Waals surface area contributed by atoms with Crippen molar-refractivity contribution in [1.82, 2.24) is 10.3 Å². The molecule has 0 saturated heterocycles. The fourth-order valence-corrected chi connectivity index (χ4v) is 2.29. The Hall–Kier alpha value is -0.800. The Kier molecular flexibility index (Phi) is 2.29. The zero-order chi connectivity index (χ0) is 10.3. The van der Waals surface area contributed by atoms with Gasteiger partial charge in [0.25, 0.3) is 0 Å². The molecule has 0 amide bonds. The quantitative estimate of drug-likeness (QED) is 0.876. The fraction of sp³-hybridized carbons (Fsp3) is 0.333. The van der Waals surface area contributed by atoms with Crippen molar-refractivity contribution in [3.63, 3.8) is 0 Å². The van der Waals surface area contributed by atoms with E-state index in [0.29, 0.717) is 0 Å². The SMILES string of the molecule is Brc1cccc2[nH]c(CNC3CC3)cc12. The summed E-state index contributed by atoms with van der Waals surface area (Å²) in [5, 5.41) is 4.78. The maximum Gasteiger partial charge on any atom is 0.0467 e. The van der Waals surface area contributed by atoms with Gasteiger partial charge < -0.3 is 10.3 Å². The summed E-state index contributed by atoms with van der Waals surface area (Å²) in [6.45, 7) is 0.950. The van der Waals surface area contributed by atoms with E-state index < -0.39 is 0 Å². The van der Waals surface area contributed by atoms with Crippen LogP contribution in [0.1, 0.15) is 18.5 Å². The molecule has 1 saturated carbocycles. The first-order valence-electron chi connectivity index (χ1n) is 5.32. The number of hydrogen-bond donors (Lipinski definition) is 2. The topological polar surface area (TPSA) is 27.8 Å². The van der Waals surface area contributed by atoms with E-state index in [1.54, 1.807) is 0 Å². The Bertz CT molecular complexity index is 485. The van der Waals surface area contributed by atoms with Crippen molar-refractivity contribution < 1.29 is 0 Å². The third-order valence-corrected chi connectivity index (χ3v) is 3.52. The molecule has 1 heterocycles. The van der Waals surface area contributed by atoms with Gasteiger partial charge in [-0.2, -0.15) is 0 Å². The van der Waals surface area contributed by atoms with E-state index in [1.807, 2.05) is 0 Å². The van der Waals surface area contributed by atoms with E-state index in [9.17, 15) is 0 Å². The normalized spacial score (nSPS) is 16.1. The predicted octanol–water partition coefficient (Wildman–Crippen LogP) is 3.18. The highest BCUT2D eigenvalue weighted by Crippen LogP contribution is 2.25. The molecule has 1 aliphatic rings. The number of aromatic nitrogens is 1. The predicted molar refractivity (Wildman–Crippen MR) is 65.9 cm³/mol. The van der Waals surface area contributed by atoms with Crippen LogP contribution < -0.4 is 5.32 Å². The smallest absolute Gasteiger partial charge is 0.0467 e. The molecule has 3 rings (SSSR count). The minimum Gasteiger partial charge on any atom is -0.357 e. The number of fused-ring (bicyclic) bond motifs is 1. The third kappa shape index (κ3) is 1.94. The van der Waals surface area contributed by atoms with Gasteiger partial charge in [0.1, 0.15) is 0 Å². The molecule has 1 aromatic carbocycles. The lowest BCUT2D eigenvalue weighted by Crippen LogP contribution is -2.15. The molecule has 2 nitrogen and oxygen atoms in total. The highest BCUT2D eigenvalue weighted by Gasteiger charge is 2.20. The van der Waals surface area contributed by atoms with Crippen LogP contribution in [0.5, 0.6) is 0 Å². The first-order valence-corrected chi connectivity index (χ1v) is 6.12. The Labute approximate surface area is 97.2 Å². The van der Waals surface area contributed by atoms with Crippen LogP contribution in [0, 0.1) is 0 Å². The molecular weight excluding hydrogens is 252 g/mol. The lowest BCUT2D eigenvalue weighted by molar-refractivity contribution is 0.678. The van der Waals surface area contributed by atoms with Crippen molar-refractivity contribution in [2.45, 2.75) is 25.4 Å². The summed E-state index contributed by atoms with van der Waals surface area (Å²) in [4.78, 5) is 3.43. The lowest BCUT2D eigenvalue weighted by Gasteiger charge is -1.98. The summed E-state index contributed by atoms with van der Waals surface area (Å²) in [5.41, 5.74) is 2.47. The fourth-order valence-electron chi connectivity index (χ4n) is 1.81. The molecular formula is C12H13BrN2. The molecule has 78 valence electrons. The van der Waals surface area contributed by atoms with E-state index in [-0.39, 0.29) is 0 Å². The van der Waals surface area contributed by atoms with Gasteiger partial charge in [0.15, 0.2) is 0 Å². The molecule has 0 aliphatic heterocycles. The molecule has 15 heavy (non-hydrogen) atoms. The molecule has 1 aromatic heterocycles. The van der Waals surface area contributed by atoms with Crippen LogP contribution in [0.25, 0.3) is 10.9 Å².